The highest BCUT2D eigenvalue weighted by atomic mass is 35.5. The number of urea groups is 1. The van der Waals surface area contributed by atoms with Gasteiger partial charge in [-0.05, 0) is 57.8 Å². The zero-order valence-corrected chi connectivity index (χ0v) is 15.0. The molecule has 134 valence electrons. The third-order valence-electron chi connectivity index (χ3n) is 3.98. The van der Waals surface area contributed by atoms with Gasteiger partial charge in [0.25, 0.3) is 0 Å². The Morgan fingerprint density at radius 1 is 1.25 bits per heavy atom. The van der Waals surface area contributed by atoms with Crippen LogP contribution in [0.5, 0.6) is 0 Å². The molecule has 4 N–H and O–H groups in total. The first-order chi connectivity index (χ1) is 11.0. The fraction of sp³-hybridized carbons (Fsp3) is 0.529. The molecular formula is C17H27ClN4O2. The van der Waals surface area contributed by atoms with Crippen molar-refractivity contribution >= 4 is 30.0 Å². The zero-order valence-electron chi connectivity index (χ0n) is 14.2. The van der Waals surface area contributed by atoms with Gasteiger partial charge in [-0.15, -0.1) is 12.4 Å². The molecular weight excluding hydrogens is 328 g/mol. The second-order valence-electron chi connectivity index (χ2n) is 6.49. The van der Waals surface area contributed by atoms with Crippen LogP contribution in [0.3, 0.4) is 0 Å². The number of anilines is 1. The monoisotopic (exact) mass is 354 g/mol. The molecule has 1 aromatic rings. The van der Waals surface area contributed by atoms with Crippen molar-refractivity contribution in [1.82, 2.24) is 16.0 Å². The van der Waals surface area contributed by atoms with Crippen LogP contribution in [-0.2, 0) is 4.79 Å². The zero-order chi connectivity index (χ0) is 16.7. The molecule has 24 heavy (non-hydrogen) atoms. The summed E-state index contributed by atoms with van der Waals surface area (Å²) < 4.78 is 0. The fourth-order valence-corrected chi connectivity index (χ4v) is 2.58. The molecule has 2 rings (SSSR count). The van der Waals surface area contributed by atoms with E-state index in [1.807, 2.05) is 18.2 Å². The van der Waals surface area contributed by atoms with E-state index in [1.165, 1.54) is 0 Å². The van der Waals surface area contributed by atoms with Crippen molar-refractivity contribution in [3.8, 4) is 0 Å². The van der Waals surface area contributed by atoms with Crippen LogP contribution in [0.4, 0.5) is 10.5 Å². The first-order valence-electron chi connectivity index (χ1n) is 8.10. The van der Waals surface area contributed by atoms with Gasteiger partial charge in [0.2, 0.25) is 5.91 Å². The van der Waals surface area contributed by atoms with E-state index in [9.17, 15) is 9.59 Å². The minimum atomic E-state index is -0.971. The summed E-state index contributed by atoms with van der Waals surface area (Å²) in [6.45, 7) is 6.02. The first kappa shape index (κ1) is 20.3. The van der Waals surface area contributed by atoms with E-state index in [-0.39, 0.29) is 18.3 Å². The van der Waals surface area contributed by atoms with Crippen LogP contribution in [0.15, 0.2) is 30.3 Å². The Balaban J connectivity index is 0.00000288. The van der Waals surface area contributed by atoms with Crippen LogP contribution >= 0.6 is 12.4 Å². The molecule has 1 aliphatic heterocycles. The first-order valence-corrected chi connectivity index (χ1v) is 8.10. The van der Waals surface area contributed by atoms with Crippen molar-refractivity contribution in [2.24, 2.45) is 5.92 Å². The lowest BCUT2D eigenvalue weighted by atomic mass is 9.98. The normalized spacial score (nSPS) is 17.3. The summed E-state index contributed by atoms with van der Waals surface area (Å²) >= 11 is 0. The molecule has 6 nitrogen and oxygen atoms in total. The molecule has 3 amide bonds. The van der Waals surface area contributed by atoms with Crippen LogP contribution < -0.4 is 21.3 Å². The molecule has 0 aliphatic carbocycles. The lowest BCUT2D eigenvalue weighted by Crippen LogP contribution is -2.56. The maximum atomic E-state index is 12.3. The third-order valence-corrected chi connectivity index (χ3v) is 3.98. The van der Waals surface area contributed by atoms with Gasteiger partial charge in [0.1, 0.15) is 5.54 Å². The number of piperidine rings is 1. The third kappa shape index (κ3) is 6.37. The van der Waals surface area contributed by atoms with Gasteiger partial charge in [-0.25, -0.2) is 4.79 Å². The molecule has 0 radical (unpaired) electrons. The van der Waals surface area contributed by atoms with E-state index < -0.39 is 11.6 Å². The summed E-state index contributed by atoms with van der Waals surface area (Å²) in [7, 11) is 0. The number of amides is 3. The van der Waals surface area contributed by atoms with Gasteiger partial charge in [-0.2, -0.15) is 0 Å². The Morgan fingerprint density at radius 3 is 2.58 bits per heavy atom. The number of benzene rings is 1. The van der Waals surface area contributed by atoms with E-state index >= 15 is 0 Å². The topological polar surface area (TPSA) is 82.3 Å². The van der Waals surface area contributed by atoms with Crippen molar-refractivity contribution in [3.05, 3.63) is 30.3 Å². The number of hydrogen-bond donors (Lipinski definition) is 4. The fourth-order valence-electron chi connectivity index (χ4n) is 2.58. The Labute approximate surface area is 149 Å². The van der Waals surface area contributed by atoms with Crippen molar-refractivity contribution < 1.29 is 9.59 Å². The van der Waals surface area contributed by atoms with Crippen LogP contribution in [-0.4, -0.2) is 37.1 Å². The van der Waals surface area contributed by atoms with E-state index in [4.69, 9.17) is 0 Å². The molecule has 1 unspecified atom stereocenters. The second kappa shape index (κ2) is 9.49. The van der Waals surface area contributed by atoms with Gasteiger partial charge >= 0.3 is 6.03 Å². The minimum Gasteiger partial charge on any atom is -0.354 e. The highest BCUT2D eigenvalue weighted by Gasteiger charge is 2.30. The van der Waals surface area contributed by atoms with Crippen LogP contribution in [0.25, 0.3) is 0 Å². The largest absolute Gasteiger partial charge is 0.354 e. The molecule has 0 saturated carbocycles. The molecule has 1 heterocycles. The van der Waals surface area contributed by atoms with Crippen molar-refractivity contribution in [2.45, 2.75) is 32.2 Å². The van der Waals surface area contributed by atoms with Crippen LogP contribution in [0.2, 0.25) is 0 Å². The summed E-state index contributed by atoms with van der Waals surface area (Å²) in [6.07, 6.45) is 2.26. The van der Waals surface area contributed by atoms with Gasteiger partial charge in [-0.3, -0.25) is 4.79 Å². The van der Waals surface area contributed by atoms with Crippen LogP contribution in [0.1, 0.15) is 26.7 Å². The minimum absolute atomic E-state index is 0. The molecule has 0 bridgehead atoms. The van der Waals surface area contributed by atoms with Crippen molar-refractivity contribution in [2.75, 3.05) is 25.0 Å². The number of carbonyl (C=O) groups is 2. The standard InChI is InChI=1S/C17H26N4O2.ClH/c1-17(2,15(22)19-12-13-7-6-10-18-11-13)21-16(23)20-14-8-4-3-5-9-14;/h3-5,8-9,13,18H,6-7,10-12H2,1-2H3,(H,19,22)(H2,20,21,23);1H. The van der Waals surface area contributed by atoms with E-state index in [2.05, 4.69) is 21.3 Å². The van der Waals surface area contributed by atoms with Gasteiger partial charge in [0, 0.05) is 12.2 Å². The molecule has 1 fully saturated rings. The molecule has 0 aromatic heterocycles. The average molecular weight is 355 g/mol. The molecule has 1 saturated heterocycles. The van der Waals surface area contributed by atoms with Crippen molar-refractivity contribution in [3.63, 3.8) is 0 Å². The van der Waals surface area contributed by atoms with Gasteiger partial charge in [0.15, 0.2) is 0 Å². The van der Waals surface area contributed by atoms with E-state index in [0.717, 1.165) is 25.9 Å². The van der Waals surface area contributed by atoms with E-state index in [0.29, 0.717) is 18.2 Å². The summed E-state index contributed by atoms with van der Waals surface area (Å²) in [4.78, 5) is 24.3. The number of rotatable bonds is 5. The summed E-state index contributed by atoms with van der Waals surface area (Å²) in [6, 6.07) is 8.75. The number of carbonyl (C=O) groups excluding carboxylic acids is 2. The van der Waals surface area contributed by atoms with E-state index in [1.54, 1.807) is 26.0 Å². The maximum absolute atomic E-state index is 12.3. The number of nitrogens with one attached hydrogen (secondary N) is 4. The second-order valence-corrected chi connectivity index (χ2v) is 6.49. The Bertz CT molecular complexity index is 531. The maximum Gasteiger partial charge on any atom is 0.320 e. The SMILES string of the molecule is CC(C)(NC(=O)Nc1ccccc1)C(=O)NCC1CCCNC1.Cl. The summed E-state index contributed by atoms with van der Waals surface area (Å²) in [5, 5.41) is 11.7. The lowest BCUT2D eigenvalue weighted by molar-refractivity contribution is -0.126. The summed E-state index contributed by atoms with van der Waals surface area (Å²) in [5.74, 6) is 0.285. The molecule has 7 heteroatoms. The number of halogens is 1. The smallest absolute Gasteiger partial charge is 0.320 e. The van der Waals surface area contributed by atoms with Crippen molar-refractivity contribution in [1.29, 1.82) is 0 Å². The molecule has 1 aliphatic rings. The van der Waals surface area contributed by atoms with Crippen LogP contribution in [0, 0.1) is 5.92 Å². The Kier molecular flexibility index (Phi) is 8.01. The highest BCUT2D eigenvalue weighted by Crippen LogP contribution is 2.10. The Morgan fingerprint density at radius 2 is 1.96 bits per heavy atom. The van der Waals surface area contributed by atoms with Gasteiger partial charge in [-0.1, -0.05) is 18.2 Å². The summed E-state index contributed by atoms with van der Waals surface area (Å²) in [5.41, 5.74) is -0.282. The predicted molar refractivity (Wildman–Crippen MR) is 98.5 cm³/mol. The van der Waals surface area contributed by atoms with Gasteiger partial charge < -0.3 is 21.3 Å². The molecule has 0 spiro atoms. The number of hydrogen-bond acceptors (Lipinski definition) is 3. The predicted octanol–water partition coefficient (Wildman–Crippen LogP) is 2.12. The highest BCUT2D eigenvalue weighted by molar-refractivity contribution is 5.95. The number of para-hydroxylation sites is 1. The molecule has 1 aromatic carbocycles. The lowest BCUT2D eigenvalue weighted by Gasteiger charge is -2.28. The Hall–Kier alpha value is -1.79. The quantitative estimate of drug-likeness (QED) is 0.653. The average Bonchev–Trinajstić information content (AvgIpc) is 2.54. The van der Waals surface area contributed by atoms with Gasteiger partial charge in [0.05, 0.1) is 0 Å². The molecule has 1 atom stereocenters.